The summed E-state index contributed by atoms with van der Waals surface area (Å²) in [6, 6.07) is 8.04. The van der Waals surface area contributed by atoms with Crippen molar-refractivity contribution in [3.63, 3.8) is 0 Å². The van der Waals surface area contributed by atoms with Gasteiger partial charge in [-0.2, -0.15) is 17.5 Å². The molecular formula is C19H20F3N3O4S. The molecule has 0 aliphatic carbocycles. The zero-order valence-electron chi connectivity index (χ0n) is 15.9. The highest BCUT2D eigenvalue weighted by atomic mass is 32.2. The number of carbonyl (C=O) groups is 1. The molecule has 0 saturated carbocycles. The number of rotatable bonds is 5. The first-order valence-electron chi connectivity index (χ1n) is 9.20. The molecule has 1 saturated heterocycles. The van der Waals surface area contributed by atoms with E-state index < -0.39 is 21.8 Å². The Balaban J connectivity index is 1.58. The monoisotopic (exact) mass is 443 g/mol. The fourth-order valence-corrected chi connectivity index (χ4v) is 4.58. The van der Waals surface area contributed by atoms with Crippen LogP contribution in [0.3, 0.4) is 0 Å². The van der Waals surface area contributed by atoms with Crippen LogP contribution in [0.1, 0.15) is 12.0 Å². The van der Waals surface area contributed by atoms with Gasteiger partial charge in [-0.1, -0.05) is 6.07 Å². The number of amides is 1. The molecule has 0 bridgehead atoms. The van der Waals surface area contributed by atoms with Crippen LogP contribution in [0, 0.1) is 0 Å². The molecule has 30 heavy (non-hydrogen) atoms. The van der Waals surface area contributed by atoms with Gasteiger partial charge in [0.05, 0.1) is 10.5 Å². The van der Waals surface area contributed by atoms with Crippen LogP contribution in [-0.4, -0.2) is 54.3 Å². The number of aryl methyl sites for hydroxylation is 1. The normalized spacial score (nSPS) is 15.9. The van der Waals surface area contributed by atoms with Gasteiger partial charge < -0.3 is 9.47 Å². The van der Waals surface area contributed by atoms with Crippen molar-refractivity contribution in [2.45, 2.75) is 24.0 Å². The molecule has 1 aromatic heterocycles. The van der Waals surface area contributed by atoms with E-state index in [1.807, 2.05) is 0 Å². The molecule has 0 atom stereocenters. The van der Waals surface area contributed by atoms with E-state index >= 15 is 0 Å². The lowest BCUT2D eigenvalue weighted by Gasteiger charge is -2.34. The molecule has 2 heterocycles. The summed E-state index contributed by atoms with van der Waals surface area (Å²) in [5.41, 5.74) is -1.13. The Morgan fingerprint density at radius 1 is 0.967 bits per heavy atom. The topological polar surface area (TPSA) is 79.7 Å². The van der Waals surface area contributed by atoms with Crippen LogP contribution in [0.4, 0.5) is 13.2 Å². The second-order valence-corrected chi connectivity index (χ2v) is 8.73. The molecule has 1 aliphatic rings. The average Bonchev–Trinajstić information content (AvgIpc) is 2.72. The average molecular weight is 443 g/mol. The maximum atomic E-state index is 12.7. The van der Waals surface area contributed by atoms with E-state index in [1.54, 1.807) is 18.3 Å². The van der Waals surface area contributed by atoms with E-state index in [0.29, 0.717) is 0 Å². The predicted octanol–water partition coefficient (Wildman–Crippen LogP) is 1.79. The molecule has 1 aromatic carbocycles. The summed E-state index contributed by atoms with van der Waals surface area (Å²) >= 11 is 0. The first kappa shape index (κ1) is 22.0. The SMILES string of the molecule is O=C(CCn1ccccc1=O)N1CCN(S(=O)(=O)c2ccc(C(F)(F)F)cc2)CC1. The number of hydrogen-bond donors (Lipinski definition) is 0. The van der Waals surface area contributed by atoms with E-state index in [0.717, 1.165) is 28.6 Å². The number of pyridine rings is 1. The van der Waals surface area contributed by atoms with Crippen molar-refractivity contribution >= 4 is 15.9 Å². The summed E-state index contributed by atoms with van der Waals surface area (Å²) < 4.78 is 65.9. The van der Waals surface area contributed by atoms with Crippen molar-refractivity contribution in [3.8, 4) is 0 Å². The van der Waals surface area contributed by atoms with Crippen molar-refractivity contribution < 1.29 is 26.4 Å². The Hall–Kier alpha value is -2.66. The molecule has 2 aromatic rings. The number of carbonyl (C=O) groups excluding carboxylic acids is 1. The molecule has 1 fully saturated rings. The van der Waals surface area contributed by atoms with Gasteiger partial charge in [-0.15, -0.1) is 0 Å². The zero-order chi connectivity index (χ0) is 21.9. The van der Waals surface area contributed by atoms with Crippen LogP contribution >= 0.6 is 0 Å². The standard InChI is InChI=1S/C19H20F3N3O4S/c20-19(21,22)15-4-6-16(7-5-15)30(28,29)25-13-11-24(12-14-25)18(27)8-10-23-9-2-1-3-17(23)26/h1-7,9H,8,10-14H2. The van der Waals surface area contributed by atoms with Crippen molar-refractivity contribution in [1.29, 1.82) is 0 Å². The summed E-state index contributed by atoms with van der Waals surface area (Å²) in [4.78, 5) is 25.3. The van der Waals surface area contributed by atoms with Crippen LogP contribution in [0.2, 0.25) is 0 Å². The van der Waals surface area contributed by atoms with E-state index in [1.165, 1.54) is 15.5 Å². The van der Waals surface area contributed by atoms with E-state index in [2.05, 4.69) is 0 Å². The van der Waals surface area contributed by atoms with Crippen LogP contribution in [-0.2, 0) is 27.5 Å². The second-order valence-electron chi connectivity index (χ2n) is 6.79. The fourth-order valence-electron chi connectivity index (χ4n) is 3.16. The molecule has 0 radical (unpaired) electrons. The molecule has 0 N–H and O–H groups in total. The third-order valence-electron chi connectivity index (χ3n) is 4.88. The van der Waals surface area contributed by atoms with Gasteiger partial charge in [0.25, 0.3) is 5.56 Å². The van der Waals surface area contributed by atoms with Crippen LogP contribution in [0.5, 0.6) is 0 Å². The van der Waals surface area contributed by atoms with Gasteiger partial charge in [-0.25, -0.2) is 8.42 Å². The Bertz CT molecular complexity index is 1060. The highest BCUT2D eigenvalue weighted by Gasteiger charge is 2.33. The third kappa shape index (κ3) is 4.90. The summed E-state index contributed by atoms with van der Waals surface area (Å²) in [6.45, 7) is 0.647. The van der Waals surface area contributed by atoms with E-state index in [9.17, 15) is 31.2 Å². The summed E-state index contributed by atoms with van der Waals surface area (Å²) in [6.07, 6.45) is -2.85. The Morgan fingerprint density at radius 3 is 2.17 bits per heavy atom. The molecule has 7 nitrogen and oxygen atoms in total. The number of nitrogens with zero attached hydrogens (tertiary/aromatic N) is 3. The molecular weight excluding hydrogens is 423 g/mol. The van der Waals surface area contributed by atoms with Gasteiger partial charge in [-0.3, -0.25) is 9.59 Å². The summed E-state index contributed by atoms with van der Waals surface area (Å²) in [5, 5.41) is 0. The van der Waals surface area contributed by atoms with Gasteiger partial charge in [0, 0.05) is 51.4 Å². The lowest BCUT2D eigenvalue weighted by Crippen LogP contribution is -2.50. The number of aromatic nitrogens is 1. The van der Waals surface area contributed by atoms with Crippen molar-refractivity contribution in [3.05, 3.63) is 64.6 Å². The number of piperazine rings is 1. The predicted molar refractivity (Wildman–Crippen MR) is 102 cm³/mol. The van der Waals surface area contributed by atoms with Crippen LogP contribution in [0.25, 0.3) is 0 Å². The lowest BCUT2D eigenvalue weighted by atomic mass is 10.2. The maximum absolute atomic E-state index is 12.7. The van der Waals surface area contributed by atoms with Crippen LogP contribution < -0.4 is 5.56 Å². The first-order chi connectivity index (χ1) is 14.1. The zero-order valence-corrected chi connectivity index (χ0v) is 16.7. The highest BCUT2D eigenvalue weighted by Crippen LogP contribution is 2.30. The summed E-state index contributed by atoms with van der Waals surface area (Å²) in [5.74, 6) is -0.197. The molecule has 162 valence electrons. The molecule has 1 aliphatic heterocycles. The molecule has 1 amide bonds. The van der Waals surface area contributed by atoms with Gasteiger partial charge in [-0.05, 0) is 30.3 Å². The smallest absolute Gasteiger partial charge is 0.340 e. The molecule has 3 rings (SSSR count). The molecule has 0 spiro atoms. The second kappa shape index (κ2) is 8.60. The quantitative estimate of drug-likeness (QED) is 0.706. The molecule has 11 heteroatoms. The van der Waals surface area contributed by atoms with Crippen molar-refractivity contribution in [2.24, 2.45) is 0 Å². The van der Waals surface area contributed by atoms with Crippen molar-refractivity contribution in [2.75, 3.05) is 26.2 Å². The highest BCUT2D eigenvalue weighted by molar-refractivity contribution is 7.89. The van der Waals surface area contributed by atoms with Gasteiger partial charge in [0.15, 0.2) is 0 Å². The van der Waals surface area contributed by atoms with Gasteiger partial charge >= 0.3 is 6.18 Å². The minimum atomic E-state index is -4.54. The number of halogens is 3. The molecule has 0 unspecified atom stereocenters. The number of alkyl halides is 3. The minimum Gasteiger partial charge on any atom is -0.340 e. The number of hydrogen-bond acceptors (Lipinski definition) is 4. The first-order valence-corrected chi connectivity index (χ1v) is 10.6. The minimum absolute atomic E-state index is 0.0420. The van der Waals surface area contributed by atoms with Gasteiger partial charge in [0.2, 0.25) is 15.9 Å². The maximum Gasteiger partial charge on any atom is 0.416 e. The Kier molecular flexibility index (Phi) is 6.32. The van der Waals surface area contributed by atoms with Crippen molar-refractivity contribution in [1.82, 2.24) is 13.8 Å². The number of benzene rings is 1. The summed E-state index contributed by atoms with van der Waals surface area (Å²) in [7, 11) is -3.95. The Labute approximate surface area is 171 Å². The largest absolute Gasteiger partial charge is 0.416 e. The fraction of sp³-hybridized carbons (Fsp3) is 0.368. The lowest BCUT2D eigenvalue weighted by molar-refractivity contribution is -0.137. The Morgan fingerprint density at radius 2 is 1.60 bits per heavy atom. The third-order valence-corrected chi connectivity index (χ3v) is 6.79. The van der Waals surface area contributed by atoms with E-state index in [4.69, 9.17) is 0 Å². The van der Waals surface area contributed by atoms with Gasteiger partial charge in [0.1, 0.15) is 0 Å². The van der Waals surface area contributed by atoms with E-state index in [-0.39, 0.29) is 55.5 Å². The van der Waals surface area contributed by atoms with Crippen LogP contribution in [0.15, 0.2) is 58.4 Å². The number of sulfonamides is 1.